The average Bonchev–Trinajstić information content (AvgIpc) is 2.89. The molecule has 1 saturated heterocycles. The molecule has 1 aliphatic heterocycles. The van der Waals surface area contributed by atoms with Crippen LogP contribution in [0.2, 0.25) is 0 Å². The van der Waals surface area contributed by atoms with Gasteiger partial charge in [-0.25, -0.2) is 4.79 Å². The minimum Gasteiger partial charge on any atom is -0.456 e. The van der Waals surface area contributed by atoms with E-state index in [1.54, 1.807) is 6.92 Å². The van der Waals surface area contributed by atoms with Crippen molar-refractivity contribution in [3.8, 4) is 0 Å². The highest BCUT2D eigenvalue weighted by atomic mass is 16.5. The SMILES string of the molecule is CC[C@@H](C)NC(=O)NC(=O)COC(=O)CCN1C(=O)[C@H]2CC=CC[C@H]2C1=O. The van der Waals surface area contributed by atoms with E-state index < -0.39 is 24.5 Å². The van der Waals surface area contributed by atoms with Crippen molar-refractivity contribution in [1.29, 1.82) is 0 Å². The molecule has 0 aromatic rings. The summed E-state index contributed by atoms with van der Waals surface area (Å²) in [5.74, 6) is -2.68. The highest BCUT2D eigenvalue weighted by Crippen LogP contribution is 2.34. The molecule has 3 atom stereocenters. The molecule has 0 bridgehead atoms. The van der Waals surface area contributed by atoms with Crippen LogP contribution in [0.3, 0.4) is 0 Å². The van der Waals surface area contributed by atoms with Gasteiger partial charge in [0.2, 0.25) is 11.8 Å². The van der Waals surface area contributed by atoms with Gasteiger partial charge in [0.15, 0.2) is 6.61 Å². The fourth-order valence-corrected chi connectivity index (χ4v) is 3.04. The number of ether oxygens (including phenoxy) is 1. The van der Waals surface area contributed by atoms with Crippen molar-refractivity contribution in [2.24, 2.45) is 11.8 Å². The molecule has 2 N–H and O–H groups in total. The molecule has 0 radical (unpaired) electrons. The zero-order chi connectivity index (χ0) is 20.0. The second-order valence-corrected chi connectivity index (χ2v) is 6.73. The Morgan fingerprint density at radius 1 is 1.19 bits per heavy atom. The summed E-state index contributed by atoms with van der Waals surface area (Å²) in [4.78, 5) is 60.5. The van der Waals surface area contributed by atoms with Crippen LogP contribution in [0.5, 0.6) is 0 Å². The molecular weight excluding hydrogens is 354 g/mol. The largest absolute Gasteiger partial charge is 0.456 e. The first-order valence-electron chi connectivity index (χ1n) is 9.09. The first kappa shape index (κ1) is 20.6. The van der Waals surface area contributed by atoms with Crippen molar-refractivity contribution in [3.05, 3.63) is 12.2 Å². The Balaban J connectivity index is 1.70. The van der Waals surface area contributed by atoms with Gasteiger partial charge < -0.3 is 10.1 Å². The van der Waals surface area contributed by atoms with Gasteiger partial charge in [0.1, 0.15) is 0 Å². The number of hydrogen-bond acceptors (Lipinski definition) is 6. The van der Waals surface area contributed by atoms with Crippen molar-refractivity contribution in [2.45, 2.75) is 45.6 Å². The summed E-state index contributed by atoms with van der Waals surface area (Å²) in [5, 5.41) is 4.60. The molecule has 9 heteroatoms. The molecule has 27 heavy (non-hydrogen) atoms. The van der Waals surface area contributed by atoms with E-state index in [-0.39, 0.29) is 42.7 Å². The maximum atomic E-state index is 12.3. The lowest BCUT2D eigenvalue weighted by Gasteiger charge is -2.14. The van der Waals surface area contributed by atoms with Crippen LogP contribution in [0.15, 0.2) is 12.2 Å². The molecule has 5 amide bonds. The van der Waals surface area contributed by atoms with Crippen molar-refractivity contribution in [2.75, 3.05) is 13.2 Å². The van der Waals surface area contributed by atoms with Gasteiger partial charge in [-0.2, -0.15) is 0 Å². The Labute approximate surface area is 157 Å². The summed E-state index contributed by atoms with van der Waals surface area (Å²) < 4.78 is 4.79. The first-order chi connectivity index (χ1) is 12.8. The average molecular weight is 379 g/mol. The third-order valence-electron chi connectivity index (χ3n) is 4.75. The summed E-state index contributed by atoms with van der Waals surface area (Å²) in [7, 11) is 0. The number of nitrogens with one attached hydrogen (secondary N) is 2. The first-order valence-corrected chi connectivity index (χ1v) is 9.09. The number of esters is 1. The fourth-order valence-electron chi connectivity index (χ4n) is 3.04. The third kappa shape index (κ3) is 5.38. The van der Waals surface area contributed by atoms with Crippen molar-refractivity contribution in [1.82, 2.24) is 15.5 Å². The minimum absolute atomic E-state index is 0.0698. The van der Waals surface area contributed by atoms with Gasteiger partial charge >= 0.3 is 12.0 Å². The van der Waals surface area contributed by atoms with E-state index in [1.807, 2.05) is 19.1 Å². The maximum Gasteiger partial charge on any atom is 0.321 e. The standard InChI is InChI=1S/C18H25N3O6/c1-3-11(2)19-18(26)20-14(22)10-27-15(23)8-9-21-16(24)12-6-4-5-7-13(12)17(21)25/h4-5,11-13H,3,6-10H2,1-2H3,(H2,19,20,22,26)/t11-,12-,13+/m1/s1. The molecule has 0 unspecified atom stereocenters. The number of hydrogen-bond donors (Lipinski definition) is 2. The van der Waals surface area contributed by atoms with Crippen LogP contribution in [0.1, 0.15) is 39.5 Å². The van der Waals surface area contributed by atoms with Crippen molar-refractivity contribution in [3.63, 3.8) is 0 Å². The van der Waals surface area contributed by atoms with Crippen LogP contribution in [-0.4, -0.2) is 53.8 Å². The van der Waals surface area contributed by atoms with E-state index in [4.69, 9.17) is 4.74 Å². The quantitative estimate of drug-likeness (QED) is 0.377. The number of allylic oxidation sites excluding steroid dienone is 2. The molecular formula is C18H25N3O6. The van der Waals surface area contributed by atoms with Crippen LogP contribution >= 0.6 is 0 Å². The fraction of sp³-hybridized carbons (Fsp3) is 0.611. The van der Waals surface area contributed by atoms with Crippen LogP contribution in [0, 0.1) is 11.8 Å². The van der Waals surface area contributed by atoms with Gasteiger partial charge in [0.25, 0.3) is 5.91 Å². The van der Waals surface area contributed by atoms with E-state index in [0.717, 1.165) is 4.90 Å². The van der Waals surface area contributed by atoms with E-state index >= 15 is 0 Å². The molecule has 0 aromatic carbocycles. The zero-order valence-electron chi connectivity index (χ0n) is 15.5. The number of urea groups is 1. The lowest BCUT2D eigenvalue weighted by atomic mass is 9.85. The van der Waals surface area contributed by atoms with Crippen molar-refractivity contribution >= 4 is 29.7 Å². The summed E-state index contributed by atoms with van der Waals surface area (Å²) >= 11 is 0. The number of fused-ring (bicyclic) bond motifs is 1. The number of imide groups is 2. The highest BCUT2D eigenvalue weighted by Gasteiger charge is 2.46. The normalized spacial score (nSPS) is 22.2. The smallest absolute Gasteiger partial charge is 0.321 e. The number of carbonyl (C=O) groups excluding carboxylic acids is 5. The Hall–Kier alpha value is -2.71. The predicted octanol–water partition coefficient (Wildman–Crippen LogP) is 0.495. The molecule has 2 aliphatic rings. The molecule has 1 heterocycles. The number of carbonyl (C=O) groups is 5. The predicted molar refractivity (Wildman–Crippen MR) is 94.1 cm³/mol. The molecule has 1 fully saturated rings. The van der Waals surface area contributed by atoms with Gasteiger partial charge in [0.05, 0.1) is 18.3 Å². The number of rotatable bonds is 7. The molecule has 0 saturated carbocycles. The molecule has 1 aliphatic carbocycles. The molecule has 148 valence electrons. The Kier molecular flexibility index (Phi) is 7.09. The Morgan fingerprint density at radius 3 is 2.33 bits per heavy atom. The second-order valence-electron chi connectivity index (χ2n) is 6.73. The maximum absolute atomic E-state index is 12.3. The van der Waals surface area contributed by atoms with E-state index in [2.05, 4.69) is 10.6 Å². The Morgan fingerprint density at radius 2 is 1.78 bits per heavy atom. The summed E-state index contributed by atoms with van der Waals surface area (Å²) in [6.45, 7) is 3.00. The van der Waals surface area contributed by atoms with Gasteiger partial charge in [-0.1, -0.05) is 19.1 Å². The van der Waals surface area contributed by atoms with Gasteiger partial charge in [-0.05, 0) is 26.2 Å². The molecule has 9 nitrogen and oxygen atoms in total. The van der Waals surface area contributed by atoms with Gasteiger partial charge in [-0.3, -0.25) is 29.4 Å². The summed E-state index contributed by atoms with van der Waals surface area (Å²) in [5.41, 5.74) is 0. The van der Waals surface area contributed by atoms with Crippen LogP contribution < -0.4 is 10.6 Å². The van der Waals surface area contributed by atoms with E-state index in [9.17, 15) is 24.0 Å². The lowest BCUT2D eigenvalue weighted by Crippen LogP contribution is -2.44. The number of likely N-dealkylation sites (tertiary alicyclic amines) is 1. The van der Waals surface area contributed by atoms with E-state index in [1.165, 1.54) is 0 Å². The minimum atomic E-state index is -0.755. The lowest BCUT2D eigenvalue weighted by molar-refractivity contribution is -0.149. The third-order valence-corrected chi connectivity index (χ3v) is 4.75. The molecule has 0 aromatic heterocycles. The summed E-state index contributed by atoms with van der Waals surface area (Å²) in [6.07, 6.45) is 5.36. The molecule has 0 spiro atoms. The van der Waals surface area contributed by atoms with Crippen LogP contribution in [0.25, 0.3) is 0 Å². The van der Waals surface area contributed by atoms with Gasteiger partial charge in [0, 0.05) is 12.6 Å². The van der Waals surface area contributed by atoms with Crippen molar-refractivity contribution < 1.29 is 28.7 Å². The highest BCUT2D eigenvalue weighted by molar-refractivity contribution is 6.05. The zero-order valence-corrected chi connectivity index (χ0v) is 15.5. The summed E-state index contributed by atoms with van der Waals surface area (Å²) in [6, 6.07) is -0.746. The Bertz CT molecular complexity index is 633. The topological polar surface area (TPSA) is 122 Å². The van der Waals surface area contributed by atoms with E-state index in [0.29, 0.717) is 19.3 Å². The number of nitrogens with zero attached hydrogens (tertiary/aromatic N) is 1. The molecule has 2 rings (SSSR count). The second kappa shape index (κ2) is 9.29. The van der Waals surface area contributed by atoms with Gasteiger partial charge in [-0.15, -0.1) is 0 Å². The number of amides is 5. The van der Waals surface area contributed by atoms with Crippen LogP contribution in [-0.2, 0) is 23.9 Å². The monoisotopic (exact) mass is 379 g/mol. The van der Waals surface area contributed by atoms with Crippen LogP contribution in [0.4, 0.5) is 4.79 Å².